The van der Waals surface area contributed by atoms with Gasteiger partial charge in [-0.05, 0) is 24.6 Å². The summed E-state index contributed by atoms with van der Waals surface area (Å²) in [6.07, 6.45) is 2.45. The fraction of sp³-hybridized carbons (Fsp3) is 0.308. The first kappa shape index (κ1) is 14.3. The summed E-state index contributed by atoms with van der Waals surface area (Å²) in [6, 6.07) is 7.15. The first-order valence-electron chi connectivity index (χ1n) is 6.16. The molecule has 0 amide bonds. The molecule has 2 N–H and O–H groups in total. The lowest BCUT2D eigenvalue weighted by atomic mass is 10.2. The summed E-state index contributed by atoms with van der Waals surface area (Å²) in [5.74, 6) is 0. The number of benzene rings is 1. The van der Waals surface area contributed by atoms with E-state index in [1.165, 1.54) is 0 Å². The van der Waals surface area contributed by atoms with Crippen LogP contribution >= 0.6 is 11.6 Å². The third-order valence-electron chi connectivity index (χ3n) is 2.69. The first-order chi connectivity index (χ1) is 9.72. The normalized spacial score (nSPS) is 10.2. The molecular weight excluding hydrogens is 278 g/mol. The third kappa shape index (κ3) is 3.70. The van der Waals surface area contributed by atoms with Crippen molar-refractivity contribution in [2.75, 3.05) is 11.9 Å². The van der Waals surface area contributed by atoms with E-state index >= 15 is 0 Å². The number of nitriles is 1. The van der Waals surface area contributed by atoms with Gasteiger partial charge in [-0.25, -0.2) is 0 Å². The Bertz CT molecular complexity index is 619. The van der Waals surface area contributed by atoms with E-state index in [0.717, 1.165) is 5.69 Å². The van der Waals surface area contributed by atoms with Gasteiger partial charge in [-0.2, -0.15) is 5.26 Å². The molecular formula is C13H14ClN5O. The Balaban J connectivity index is 2.00. The molecule has 2 aromatic rings. The molecule has 6 nitrogen and oxygen atoms in total. The second-order valence-electron chi connectivity index (χ2n) is 4.21. The van der Waals surface area contributed by atoms with E-state index < -0.39 is 0 Å². The fourth-order valence-electron chi connectivity index (χ4n) is 1.71. The van der Waals surface area contributed by atoms with E-state index in [4.69, 9.17) is 22.0 Å². The van der Waals surface area contributed by atoms with Gasteiger partial charge in [-0.15, -0.1) is 5.10 Å². The minimum Gasteiger partial charge on any atom is -0.396 e. The summed E-state index contributed by atoms with van der Waals surface area (Å²) >= 11 is 5.91. The Morgan fingerprint density at radius 1 is 1.45 bits per heavy atom. The van der Waals surface area contributed by atoms with Crippen molar-refractivity contribution in [1.82, 2.24) is 15.0 Å². The molecule has 0 saturated carbocycles. The zero-order chi connectivity index (χ0) is 14.4. The molecule has 0 saturated heterocycles. The number of nitrogens with one attached hydrogen (secondary N) is 1. The molecule has 0 aliphatic heterocycles. The van der Waals surface area contributed by atoms with Crippen LogP contribution in [0.4, 0.5) is 5.69 Å². The molecule has 1 aromatic carbocycles. The lowest BCUT2D eigenvalue weighted by Crippen LogP contribution is -2.02. The maximum Gasteiger partial charge on any atom is 0.102 e. The zero-order valence-electron chi connectivity index (χ0n) is 10.8. The van der Waals surface area contributed by atoms with Crippen LogP contribution in [0.1, 0.15) is 17.7 Å². The molecule has 0 aliphatic carbocycles. The number of aromatic nitrogens is 3. The standard InChI is InChI=1S/C13H14ClN5O/c14-11-3-2-10(7-15)13(6-11)16-8-12-9-19(18-17-12)4-1-5-20/h2-3,6,9,16,20H,1,4-5,8H2. The van der Waals surface area contributed by atoms with Gasteiger partial charge in [0.05, 0.1) is 24.0 Å². The Morgan fingerprint density at radius 3 is 3.05 bits per heavy atom. The van der Waals surface area contributed by atoms with Gasteiger partial charge in [0.2, 0.25) is 0 Å². The van der Waals surface area contributed by atoms with Crippen LogP contribution in [0.5, 0.6) is 0 Å². The average molecular weight is 292 g/mol. The van der Waals surface area contributed by atoms with Gasteiger partial charge in [0.1, 0.15) is 11.8 Å². The van der Waals surface area contributed by atoms with Crippen LogP contribution in [0.3, 0.4) is 0 Å². The van der Waals surface area contributed by atoms with Gasteiger partial charge in [0.25, 0.3) is 0 Å². The first-order valence-corrected chi connectivity index (χ1v) is 6.54. The summed E-state index contributed by atoms with van der Waals surface area (Å²) < 4.78 is 1.68. The number of nitrogens with zero attached hydrogens (tertiary/aromatic N) is 4. The van der Waals surface area contributed by atoms with E-state index in [0.29, 0.717) is 35.8 Å². The Labute approximate surface area is 121 Å². The number of aryl methyl sites for hydroxylation is 1. The van der Waals surface area contributed by atoms with Crippen LogP contribution in [0.15, 0.2) is 24.4 Å². The molecule has 0 unspecified atom stereocenters. The average Bonchev–Trinajstić information content (AvgIpc) is 2.91. The molecule has 7 heteroatoms. The molecule has 104 valence electrons. The van der Waals surface area contributed by atoms with Crippen LogP contribution in [0, 0.1) is 11.3 Å². The highest BCUT2D eigenvalue weighted by Crippen LogP contribution is 2.20. The maximum absolute atomic E-state index is 9.02. The summed E-state index contributed by atoms with van der Waals surface area (Å²) in [4.78, 5) is 0. The highest BCUT2D eigenvalue weighted by molar-refractivity contribution is 6.30. The van der Waals surface area contributed by atoms with Crippen molar-refractivity contribution in [3.05, 3.63) is 40.7 Å². The van der Waals surface area contributed by atoms with Crippen LogP contribution in [0.25, 0.3) is 0 Å². The number of anilines is 1. The molecule has 2 rings (SSSR count). The number of aliphatic hydroxyl groups excluding tert-OH is 1. The van der Waals surface area contributed by atoms with Crippen molar-refractivity contribution in [3.63, 3.8) is 0 Å². The lowest BCUT2D eigenvalue weighted by molar-refractivity contribution is 0.276. The highest BCUT2D eigenvalue weighted by atomic mass is 35.5. The van der Waals surface area contributed by atoms with E-state index in [1.807, 2.05) is 0 Å². The fourth-order valence-corrected chi connectivity index (χ4v) is 1.88. The summed E-state index contributed by atoms with van der Waals surface area (Å²) in [7, 11) is 0. The smallest absolute Gasteiger partial charge is 0.102 e. The predicted molar refractivity (Wildman–Crippen MR) is 75.2 cm³/mol. The number of halogens is 1. The molecule has 0 fully saturated rings. The van der Waals surface area contributed by atoms with Gasteiger partial charge in [-0.1, -0.05) is 16.8 Å². The molecule has 0 spiro atoms. The molecule has 20 heavy (non-hydrogen) atoms. The van der Waals surface area contributed by atoms with Crippen LogP contribution in [-0.4, -0.2) is 26.7 Å². The van der Waals surface area contributed by atoms with Crippen LogP contribution < -0.4 is 5.32 Å². The van der Waals surface area contributed by atoms with E-state index in [2.05, 4.69) is 21.7 Å². The summed E-state index contributed by atoms with van der Waals surface area (Å²) in [5.41, 5.74) is 1.96. The number of hydrogen-bond donors (Lipinski definition) is 2. The topological polar surface area (TPSA) is 86.8 Å². The second-order valence-corrected chi connectivity index (χ2v) is 4.64. The molecule has 0 atom stereocenters. The van der Waals surface area contributed by atoms with Crippen molar-refractivity contribution in [2.45, 2.75) is 19.5 Å². The summed E-state index contributed by atoms with van der Waals surface area (Å²) in [5, 5.41) is 29.4. The lowest BCUT2D eigenvalue weighted by Gasteiger charge is -2.06. The molecule has 0 radical (unpaired) electrons. The summed E-state index contributed by atoms with van der Waals surface area (Å²) in [6.45, 7) is 1.21. The minimum absolute atomic E-state index is 0.126. The van der Waals surface area contributed by atoms with E-state index in [1.54, 1.807) is 29.1 Å². The quantitative estimate of drug-likeness (QED) is 0.847. The number of rotatable bonds is 6. The molecule has 0 bridgehead atoms. The van der Waals surface area contributed by atoms with Crippen molar-refractivity contribution in [1.29, 1.82) is 5.26 Å². The highest BCUT2D eigenvalue weighted by Gasteiger charge is 2.05. The van der Waals surface area contributed by atoms with Gasteiger partial charge in [0.15, 0.2) is 0 Å². The van der Waals surface area contributed by atoms with E-state index in [9.17, 15) is 0 Å². The van der Waals surface area contributed by atoms with Crippen LogP contribution in [0.2, 0.25) is 5.02 Å². The van der Waals surface area contributed by atoms with Crippen molar-refractivity contribution >= 4 is 17.3 Å². The van der Waals surface area contributed by atoms with Gasteiger partial charge in [0, 0.05) is 18.2 Å². The Kier molecular flexibility index (Phi) is 4.93. The molecule has 0 aliphatic rings. The Hall–Kier alpha value is -2.10. The van der Waals surface area contributed by atoms with Crippen molar-refractivity contribution in [2.24, 2.45) is 0 Å². The zero-order valence-corrected chi connectivity index (χ0v) is 11.5. The Morgan fingerprint density at radius 2 is 2.30 bits per heavy atom. The number of hydrogen-bond acceptors (Lipinski definition) is 5. The maximum atomic E-state index is 9.02. The van der Waals surface area contributed by atoms with E-state index in [-0.39, 0.29) is 6.61 Å². The monoisotopic (exact) mass is 291 g/mol. The largest absolute Gasteiger partial charge is 0.396 e. The van der Waals surface area contributed by atoms with Gasteiger partial charge >= 0.3 is 0 Å². The predicted octanol–water partition coefficient (Wildman–Crippen LogP) is 1.80. The van der Waals surface area contributed by atoms with Crippen molar-refractivity contribution in [3.8, 4) is 6.07 Å². The SMILES string of the molecule is N#Cc1ccc(Cl)cc1NCc1cn(CCCO)nn1. The van der Waals surface area contributed by atoms with Crippen LogP contribution in [-0.2, 0) is 13.1 Å². The van der Waals surface area contributed by atoms with Gasteiger partial charge in [-0.3, -0.25) is 4.68 Å². The third-order valence-corrected chi connectivity index (χ3v) is 2.93. The van der Waals surface area contributed by atoms with Gasteiger partial charge < -0.3 is 10.4 Å². The molecule has 1 heterocycles. The minimum atomic E-state index is 0.126. The second kappa shape index (κ2) is 6.89. The molecule has 1 aromatic heterocycles. The van der Waals surface area contributed by atoms with Crippen molar-refractivity contribution < 1.29 is 5.11 Å². The number of aliphatic hydroxyl groups is 1.